The summed E-state index contributed by atoms with van der Waals surface area (Å²) in [6, 6.07) is 6.27. The number of aromatic nitrogens is 2. The number of nitrogens with one attached hydrogen (secondary N) is 1. The molecule has 0 aliphatic carbocycles. The van der Waals surface area contributed by atoms with E-state index in [0.717, 1.165) is 27.7 Å². The number of thiazole rings is 2. The molecule has 0 spiro atoms. The summed E-state index contributed by atoms with van der Waals surface area (Å²) >= 11 is 3.06. The van der Waals surface area contributed by atoms with Gasteiger partial charge < -0.3 is 5.32 Å². The molecule has 2 aromatic heterocycles. The van der Waals surface area contributed by atoms with Gasteiger partial charge in [0.15, 0.2) is 0 Å². The average Bonchev–Trinajstić information content (AvgIpc) is 3.16. The molecule has 1 aromatic carbocycles. The zero-order chi connectivity index (χ0) is 17.1. The molecule has 24 heavy (non-hydrogen) atoms. The zero-order valence-corrected chi connectivity index (χ0v) is 15.6. The summed E-state index contributed by atoms with van der Waals surface area (Å²) in [5.74, 6) is -0.0736. The summed E-state index contributed by atoms with van der Waals surface area (Å²) in [6.45, 7) is 6.71. The molecule has 3 aromatic rings. The molecule has 6 heteroatoms. The maximum atomic E-state index is 12.3. The maximum absolute atomic E-state index is 12.3. The standard InChI is InChI=1S/C18H19N3OS2/c1-11-4-5-15(12(2)8-11)18-20-9-16(24-18)17(22)19-7-6-14-10-23-13(3)21-14/h4-5,8-10H,6-7H2,1-3H3,(H,19,22). The first-order chi connectivity index (χ1) is 11.5. The molecule has 4 nitrogen and oxygen atoms in total. The van der Waals surface area contributed by atoms with Crippen LogP contribution in [0.2, 0.25) is 0 Å². The molecule has 0 radical (unpaired) electrons. The van der Waals surface area contributed by atoms with Crippen molar-refractivity contribution in [2.45, 2.75) is 27.2 Å². The van der Waals surface area contributed by atoms with Crippen LogP contribution in [0.4, 0.5) is 0 Å². The molecule has 1 N–H and O–H groups in total. The minimum atomic E-state index is -0.0736. The van der Waals surface area contributed by atoms with E-state index in [1.54, 1.807) is 17.5 Å². The van der Waals surface area contributed by atoms with Crippen molar-refractivity contribution < 1.29 is 4.79 Å². The molecule has 0 unspecified atom stereocenters. The van der Waals surface area contributed by atoms with Crippen molar-refractivity contribution in [1.82, 2.24) is 15.3 Å². The topological polar surface area (TPSA) is 54.9 Å². The first-order valence-corrected chi connectivity index (χ1v) is 9.45. The highest BCUT2D eigenvalue weighted by Gasteiger charge is 2.13. The predicted molar refractivity (Wildman–Crippen MR) is 99.9 cm³/mol. The van der Waals surface area contributed by atoms with Gasteiger partial charge in [0.1, 0.15) is 9.88 Å². The van der Waals surface area contributed by atoms with Gasteiger partial charge in [0.05, 0.1) is 16.9 Å². The molecular formula is C18H19N3OS2. The maximum Gasteiger partial charge on any atom is 0.263 e. The van der Waals surface area contributed by atoms with Gasteiger partial charge in [-0.15, -0.1) is 22.7 Å². The van der Waals surface area contributed by atoms with E-state index in [4.69, 9.17) is 0 Å². The molecular weight excluding hydrogens is 338 g/mol. The minimum Gasteiger partial charge on any atom is -0.351 e. The Bertz CT molecular complexity index is 867. The fourth-order valence-corrected chi connectivity index (χ4v) is 4.04. The Hall–Kier alpha value is -2.05. The highest BCUT2D eigenvalue weighted by Crippen LogP contribution is 2.28. The second-order valence-electron chi connectivity index (χ2n) is 5.71. The Morgan fingerprint density at radius 1 is 1.25 bits per heavy atom. The molecule has 124 valence electrons. The van der Waals surface area contributed by atoms with Gasteiger partial charge in [0.2, 0.25) is 0 Å². The van der Waals surface area contributed by atoms with Crippen LogP contribution in [0.15, 0.2) is 29.8 Å². The Kier molecular flexibility index (Phi) is 5.06. The lowest BCUT2D eigenvalue weighted by Crippen LogP contribution is -2.24. The summed E-state index contributed by atoms with van der Waals surface area (Å²) in [6.07, 6.45) is 2.40. The van der Waals surface area contributed by atoms with Gasteiger partial charge in [-0.25, -0.2) is 9.97 Å². The average molecular weight is 358 g/mol. The van der Waals surface area contributed by atoms with Crippen molar-refractivity contribution in [2.24, 2.45) is 0 Å². The van der Waals surface area contributed by atoms with Crippen LogP contribution in [0, 0.1) is 20.8 Å². The fourth-order valence-electron chi connectivity index (χ4n) is 2.47. The third kappa shape index (κ3) is 3.88. The Morgan fingerprint density at radius 3 is 2.79 bits per heavy atom. The van der Waals surface area contributed by atoms with E-state index in [2.05, 4.69) is 47.3 Å². The molecule has 3 rings (SSSR count). The quantitative estimate of drug-likeness (QED) is 0.746. The number of hydrogen-bond donors (Lipinski definition) is 1. The minimum absolute atomic E-state index is 0.0736. The lowest BCUT2D eigenvalue weighted by atomic mass is 10.1. The number of carbonyl (C=O) groups is 1. The number of rotatable bonds is 5. The van der Waals surface area contributed by atoms with Crippen LogP contribution in [-0.4, -0.2) is 22.4 Å². The van der Waals surface area contributed by atoms with Crippen LogP contribution in [-0.2, 0) is 6.42 Å². The summed E-state index contributed by atoms with van der Waals surface area (Å²) in [4.78, 5) is 21.7. The number of benzene rings is 1. The van der Waals surface area contributed by atoms with Gasteiger partial charge in [-0.1, -0.05) is 23.8 Å². The van der Waals surface area contributed by atoms with Gasteiger partial charge >= 0.3 is 0 Å². The molecule has 0 aliphatic rings. The van der Waals surface area contributed by atoms with Crippen LogP contribution in [0.1, 0.15) is 31.5 Å². The summed E-state index contributed by atoms with van der Waals surface area (Å²) in [5, 5.41) is 6.91. The van der Waals surface area contributed by atoms with Crippen molar-refractivity contribution in [3.8, 4) is 10.6 Å². The molecule has 2 heterocycles. The summed E-state index contributed by atoms with van der Waals surface area (Å²) in [5.41, 5.74) is 4.51. The predicted octanol–water partition coefficient (Wildman–Crippen LogP) is 4.16. The van der Waals surface area contributed by atoms with Crippen LogP contribution < -0.4 is 5.32 Å². The number of amides is 1. The first-order valence-electron chi connectivity index (χ1n) is 7.75. The first kappa shape index (κ1) is 16.8. The van der Waals surface area contributed by atoms with E-state index >= 15 is 0 Å². The van der Waals surface area contributed by atoms with Crippen molar-refractivity contribution in [3.63, 3.8) is 0 Å². The van der Waals surface area contributed by atoms with Crippen LogP contribution >= 0.6 is 22.7 Å². The summed E-state index contributed by atoms with van der Waals surface area (Å²) < 4.78 is 0. The third-order valence-corrected chi connectivity index (χ3v) is 5.53. The second-order valence-corrected chi connectivity index (χ2v) is 7.80. The van der Waals surface area contributed by atoms with Gasteiger partial charge in [-0.05, 0) is 26.3 Å². The molecule has 0 saturated heterocycles. The third-order valence-electron chi connectivity index (χ3n) is 3.68. The zero-order valence-electron chi connectivity index (χ0n) is 13.9. The Balaban J connectivity index is 1.63. The molecule has 0 aliphatic heterocycles. The monoisotopic (exact) mass is 357 g/mol. The normalized spacial score (nSPS) is 10.8. The summed E-state index contributed by atoms with van der Waals surface area (Å²) in [7, 11) is 0. The van der Waals surface area contributed by atoms with E-state index in [9.17, 15) is 4.79 Å². The molecule has 1 amide bonds. The van der Waals surface area contributed by atoms with E-state index in [0.29, 0.717) is 11.4 Å². The largest absolute Gasteiger partial charge is 0.351 e. The van der Waals surface area contributed by atoms with Crippen LogP contribution in [0.5, 0.6) is 0 Å². The van der Waals surface area contributed by atoms with Crippen molar-refractivity contribution in [1.29, 1.82) is 0 Å². The van der Waals surface area contributed by atoms with E-state index in [-0.39, 0.29) is 5.91 Å². The molecule has 0 fully saturated rings. The van der Waals surface area contributed by atoms with Crippen molar-refractivity contribution in [3.05, 3.63) is 56.5 Å². The van der Waals surface area contributed by atoms with E-state index < -0.39 is 0 Å². The number of hydrogen-bond acceptors (Lipinski definition) is 5. The number of nitrogens with zero attached hydrogens (tertiary/aromatic N) is 2. The highest BCUT2D eigenvalue weighted by atomic mass is 32.1. The van der Waals surface area contributed by atoms with Gasteiger partial charge in [-0.2, -0.15) is 0 Å². The SMILES string of the molecule is Cc1ccc(-c2ncc(C(=O)NCCc3csc(C)n3)s2)c(C)c1. The fraction of sp³-hybridized carbons (Fsp3) is 0.278. The molecule has 0 saturated carbocycles. The number of carbonyl (C=O) groups excluding carboxylic acids is 1. The van der Waals surface area contributed by atoms with Gasteiger partial charge in [0.25, 0.3) is 5.91 Å². The van der Waals surface area contributed by atoms with Crippen molar-refractivity contribution >= 4 is 28.6 Å². The Morgan fingerprint density at radius 2 is 2.08 bits per heavy atom. The Labute approximate surface area is 149 Å². The smallest absolute Gasteiger partial charge is 0.263 e. The second kappa shape index (κ2) is 7.23. The van der Waals surface area contributed by atoms with Crippen LogP contribution in [0.3, 0.4) is 0 Å². The van der Waals surface area contributed by atoms with E-state index in [1.165, 1.54) is 22.5 Å². The lowest BCUT2D eigenvalue weighted by Gasteiger charge is -2.03. The lowest BCUT2D eigenvalue weighted by molar-refractivity contribution is 0.0958. The van der Waals surface area contributed by atoms with Gasteiger partial charge in [0, 0.05) is 23.9 Å². The van der Waals surface area contributed by atoms with Crippen LogP contribution in [0.25, 0.3) is 10.6 Å². The van der Waals surface area contributed by atoms with Gasteiger partial charge in [-0.3, -0.25) is 4.79 Å². The molecule has 0 bridgehead atoms. The number of aryl methyl sites for hydroxylation is 3. The van der Waals surface area contributed by atoms with E-state index in [1.807, 2.05) is 12.3 Å². The molecule has 0 atom stereocenters. The highest BCUT2D eigenvalue weighted by molar-refractivity contribution is 7.16. The van der Waals surface area contributed by atoms with Crippen molar-refractivity contribution in [2.75, 3.05) is 6.54 Å².